The zero-order chi connectivity index (χ0) is 10.5. The van der Waals surface area contributed by atoms with Crippen LogP contribution in [0, 0.1) is 0 Å². The van der Waals surface area contributed by atoms with Gasteiger partial charge in [-0.2, -0.15) is 0 Å². The van der Waals surface area contributed by atoms with E-state index in [2.05, 4.69) is 44.0 Å². The number of hydrogen-bond acceptors (Lipinski definition) is 0. The lowest BCUT2D eigenvalue weighted by Crippen LogP contribution is -1.77. The van der Waals surface area contributed by atoms with Gasteiger partial charge in [-0.15, -0.1) is 0 Å². The molecule has 14 heavy (non-hydrogen) atoms. The van der Waals surface area contributed by atoms with Gasteiger partial charge in [0.1, 0.15) is 0 Å². The van der Waals surface area contributed by atoms with Crippen molar-refractivity contribution in [3.8, 4) is 0 Å². The van der Waals surface area contributed by atoms with E-state index in [4.69, 9.17) is 0 Å². The van der Waals surface area contributed by atoms with E-state index in [0.717, 1.165) is 10.7 Å². The Morgan fingerprint density at radius 3 is 1.36 bits per heavy atom. The predicted octanol–water partition coefficient (Wildman–Crippen LogP) is 5.45. The molecule has 0 heterocycles. The summed E-state index contributed by atoms with van der Waals surface area (Å²) in [6.07, 6.45) is 15.3. The largest absolute Gasteiger partial charge is 0.0928 e. The minimum absolute atomic E-state index is 1.16. The van der Waals surface area contributed by atoms with Crippen LogP contribution in [0.5, 0.6) is 0 Å². The zero-order valence-electron chi connectivity index (χ0n) is 8.98. The standard InChI is InChI=1S/C12H22Br2/c13-11-9-7-5-3-1-2-4-6-8-10-12-14/h1-2H,3-12H2/b2-1+. The van der Waals surface area contributed by atoms with E-state index in [1.165, 1.54) is 51.4 Å². The molecule has 0 aromatic carbocycles. The van der Waals surface area contributed by atoms with Crippen LogP contribution in [0.25, 0.3) is 0 Å². The van der Waals surface area contributed by atoms with Crippen molar-refractivity contribution in [1.29, 1.82) is 0 Å². The van der Waals surface area contributed by atoms with Gasteiger partial charge in [-0.25, -0.2) is 0 Å². The fourth-order valence-electron chi connectivity index (χ4n) is 1.30. The third-order valence-corrected chi connectivity index (χ3v) is 3.30. The first kappa shape index (κ1) is 14.7. The molecule has 0 radical (unpaired) electrons. The molecular formula is C12H22Br2. The van der Waals surface area contributed by atoms with E-state index in [-0.39, 0.29) is 0 Å². The molecule has 0 aliphatic heterocycles. The molecule has 0 aromatic heterocycles. The Bertz CT molecular complexity index is 107. The number of allylic oxidation sites excluding steroid dienone is 2. The van der Waals surface area contributed by atoms with E-state index in [1.54, 1.807) is 0 Å². The van der Waals surface area contributed by atoms with Gasteiger partial charge < -0.3 is 0 Å². The Kier molecular flexibility index (Phi) is 14.4. The third-order valence-electron chi connectivity index (χ3n) is 2.18. The SMILES string of the molecule is BrCCCCC/C=C/CCCCCBr. The van der Waals surface area contributed by atoms with Crippen molar-refractivity contribution in [2.24, 2.45) is 0 Å². The Morgan fingerprint density at radius 1 is 0.571 bits per heavy atom. The van der Waals surface area contributed by atoms with Crippen LogP contribution >= 0.6 is 31.9 Å². The smallest absolute Gasteiger partial charge is 0.00313 e. The summed E-state index contributed by atoms with van der Waals surface area (Å²) in [6, 6.07) is 0. The summed E-state index contributed by atoms with van der Waals surface area (Å²) in [5.41, 5.74) is 0. The van der Waals surface area contributed by atoms with Gasteiger partial charge in [0.25, 0.3) is 0 Å². The van der Waals surface area contributed by atoms with Gasteiger partial charge >= 0.3 is 0 Å². The molecule has 0 aromatic rings. The Hall–Kier alpha value is 0.700. The van der Waals surface area contributed by atoms with E-state index in [9.17, 15) is 0 Å². The van der Waals surface area contributed by atoms with Gasteiger partial charge in [0.2, 0.25) is 0 Å². The molecule has 0 amide bonds. The molecule has 0 atom stereocenters. The first-order chi connectivity index (χ1) is 6.91. The van der Waals surface area contributed by atoms with E-state index < -0.39 is 0 Å². The van der Waals surface area contributed by atoms with E-state index in [1.807, 2.05) is 0 Å². The lowest BCUT2D eigenvalue weighted by atomic mass is 10.1. The number of unbranched alkanes of at least 4 members (excludes halogenated alkanes) is 6. The second-order valence-corrected chi connectivity index (χ2v) is 5.13. The van der Waals surface area contributed by atoms with Crippen LogP contribution in [0.1, 0.15) is 51.4 Å². The van der Waals surface area contributed by atoms with Crippen molar-refractivity contribution >= 4 is 31.9 Å². The lowest BCUT2D eigenvalue weighted by Gasteiger charge is -1.95. The van der Waals surface area contributed by atoms with Gasteiger partial charge in [-0.3, -0.25) is 0 Å². The zero-order valence-corrected chi connectivity index (χ0v) is 12.2. The van der Waals surface area contributed by atoms with Crippen LogP contribution in [0.2, 0.25) is 0 Å². The minimum Gasteiger partial charge on any atom is -0.0928 e. The highest BCUT2D eigenvalue weighted by Crippen LogP contribution is 2.05. The number of halogens is 2. The average molecular weight is 326 g/mol. The summed E-state index contributed by atoms with van der Waals surface area (Å²) >= 11 is 6.89. The van der Waals surface area contributed by atoms with Crippen molar-refractivity contribution in [2.75, 3.05) is 10.7 Å². The van der Waals surface area contributed by atoms with Crippen molar-refractivity contribution in [2.45, 2.75) is 51.4 Å². The molecule has 0 nitrogen and oxygen atoms in total. The lowest BCUT2D eigenvalue weighted by molar-refractivity contribution is 0.722. The Balaban J connectivity index is 2.96. The highest BCUT2D eigenvalue weighted by Gasteiger charge is 1.86. The van der Waals surface area contributed by atoms with Gasteiger partial charge in [0.15, 0.2) is 0 Å². The molecule has 0 unspecified atom stereocenters. The highest BCUT2D eigenvalue weighted by atomic mass is 79.9. The maximum absolute atomic E-state index is 3.45. The second-order valence-electron chi connectivity index (χ2n) is 3.55. The first-order valence-electron chi connectivity index (χ1n) is 5.68. The Morgan fingerprint density at radius 2 is 1.00 bits per heavy atom. The summed E-state index contributed by atoms with van der Waals surface area (Å²) in [4.78, 5) is 0. The van der Waals surface area contributed by atoms with Crippen LogP contribution in [0.15, 0.2) is 12.2 Å². The fraction of sp³-hybridized carbons (Fsp3) is 0.833. The Labute approximate surface area is 106 Å². The summed E-state index contributed by atoms with van der Waals surface area (Å²) < 4.78 is 0. The van der Waals surface area contributed by atoms with Crippen LogP contribution in [-0.2, 0) is 0 Å². The van der Waals surface area contributed by atoms with Gasteiger partial charge in [0, 0.05) is 10.7 Å². The molecule has 0 saturated heterocycles. The topological polar surface area (TPSA) is 0 Å². The maximum atomic E-state index is 3.45. The van der Waals surface area contributed by atoms with Crippen LogP contribution in [0.4, 0.5) is 0 Å². The van der Waals surface area contributed by atoms with Gasteiger partial charge in [-0.1, -0.05) is 56.9 Å². The summed E-state index contributed by atoms with van der Waals surface area (Å²) in [6.45, 7) is 0. The second kappa shape index (κ2) is 13.7. The average Bonchev–Trinajstić information content (AvgIpc) is 2.21. The normalized spacial score (nSPS) is 11.3. The van der Waals surface area contributed by atoms with E-state index in [0.29, 0.717) is 0 Å². The summed E-state index contributed by atoms with van der Waals surface area (Å²) in [5.74, 6) is 0. The molecule has 2 heteroatoms. The minimum atomic E-state index is 1.16. The summed E-state index contributed by atoms with van der Waals surface area (Å²) in [5, 5.41) is 2.31. The molecule has 84 valence electrons. The van der Waals surface area contributed by atoms with Crippen molar-refractivity contribution < 1.29 is 0 Å². The molecule has 0 saturated carbocycles. The third kappa shape index (κ3) is 12.7. The highest BCUT2D eigenvalue weighted by molar-refractivity contribution is 9.09. The van der Waals surface area contributed by atoms with Crippen LogP contribution < -0.4 is 0 Å². The first-order valence-corrected chi connectivity index (χ1v) is 7.93. The number of hydrogen-bond donors (Lipinski definition) is 0. The van der Waals surface area contributed by atoms with Gasteiger partial charge in [-0.05, 0) is 38.5 Å². The van der Waals surface area contributed by atoms with Crippen molar-refractivity contribution in [3.05, 3.63) is 12.2 Å². The fourth-order valence-corrected chi connectivity index (χ4v) is 2.10. The van der Waals surface area contributed by atoms with Crippen LogP contribution in [0.3, 0.4) is 0 Å². The monoisotopic (exact) mass is 324 g/mol. The molecular weight excluding hydrogens is 304 g/mol. The number of rotatable bonds is 10. The molecule has 0 bridgehead atoms. The molecule has 0 N–H and O–H groups in total. The predicted molar refractivity (Wildman–Crippen MR) is 73.7 cm³/mol. The molecule has 0 aliphatic rings. The maximum Gasteiger partial charge on any atom is 0.00313 e. The molecule has 0 spiro atoms. The molecule has 0 rings (SSSR count). The quantitative estimate of drug-likeness (QED) is 0.284. The number of alkyl halides is 2. The molecule has 0 fully saturated rings. The molecule has 0 aliphatic carbocycles. The van der Waals surface area contributed by atoms with Gasteiger partial charge in [0.05, 0.1) is 0 Å². The summed E-state index contributed by atoms with van der Waals surface area (Å²) in [7, 11) is 0. The van der Waals surface area contributed by atoms with E-state index >= 15 is 0 Å². The van der Waals surface area contributed by atoms with Crippen LogP contribution in [-0.4, -0.2) is 10.7 Å². The van der Waals surface area contributed by atoms with Crippen molar-refractivity contribution in [3.63, 3.8) is 0 Å². The van der Waals surface area contributed by atoms with Crippen molar-refractivity contribution in [1.82, 2.24) is 0 Å².